The fourth-order valence-electron chi connectivity index (χ4n) is 3.94. The van der Waals surface area contributed by atoms with Crippen molar-refractivity contribution in [2.24, 2.45) is 0 Å². The number of anilines is 2. The number of rotatable bonds is 9. The van der Waals surface area contributed by atoms with Crippen LogP contribution in [-0.4, -0.2) is 34.1 Å². The van der Waals surface area contributed by atoms with Gasteiger partial charge in [-0.2, -0.15) is 0 Å². The highest BCUT2D eigenvalue weighted by molar-refractivity contribution is 7.92. The monoisotopic (exact) mass is 548 g/mol. The molecule has 0 bridgehead atoms. The number of benzene rings is 4. The molecule has 0 aliphatic carbocycles. The van der Waals surface area contributed by atoms with Gasteiger partial charge >= 0.3 is 0 Å². The van der Waals surface area contributed by atoms with Gasteiger partial charge in [0.25, 0.3) is 10.0 Å². The van der Waals surface area contributed by atoms with E-state index in [4.69, 9.17) is 14.2 Å². The second-order valence-corrected chi connectivity index (χ2v) is 10.5. The zero-order valence-corrected chi connectivity index (χ0v) is 21.6. The Labute approximate surface area is 225 Å². The highest BCUT2D eigenvalue weighted by Gasteiger charge is 2.29. The van der Waals surface area contributed by atoms with E-state index >= 15 is 0 Å². The van der Waals surface area contributed by atoms with Crippen LogP contribution < -0.4 is 23.8 Å². The summed E-state index contributed by atoms with van der Waals surface area (Å²) >= 11 is 0. The van der Waals surface area contributed by atoms with Gasteiger partial charge in [0.05, 0.1) is 10.6 Å². The number of hydrogen-bond acceptors (Lipinski definition) is 6. The van der Waals surface area contributed by atoms with Crippen molar-refractivity contribution in [1.82, 2.24) is 0 Å². The SMILES string of the molecule is O=C(CN(c1ccc(F)cc1)S(=O)(=O)c1ccc2c(c1)OCCO2)Nc1ccc(OCc2ccccc2)cc1. The van der Waals surface area contributed by atoms with Crippen LogP contribution in [0.25, 0.3) is 0 Å². The van der Waals surface area contributed by atoms with Crippen LogP contribution in [0.5, 0.6) is 17.2 Å². The Hall–Kier alpha value is -4.57. The number of amides is 1. The van der Waals surface area contributed by atoms with E-state index in [-0.39, 0.29) is 17.2 Å². The van der Waals surface area contributed by atoms with Gasteiger partial charge in [0.2, 0.25) is 5.91 Å². The zero-order valence-electron chi connectivity index (χ0n) is 20.7. The molecule has 0 aromatic heterocycles. The van der Waals surface area contributed by atoms with E-state index in [0.717, 1.165) is 22.0 Å². The first-order valence-electron chi connectivity index (χ1n) is 12.1. The van der Waals surface area contributed by atoms with Gasteiger partial charge in [-0.1, -0.05) is 30.3 Å². The molecule has 1 N–H and O–H groups in total. The molecule has 0 spiro atoms. The van der Waals surface area contributed by atoms with Gasteiger partial charge in [0.1, 0.15) is 37.9 Å². The molecular weight excluding hydrogens is 523 g/mol. The highest BCUT2D eigenvalue weighted by atomic mass is 32.2. The van der Waals surface area contributed by atoms with Crippen molar-refractivity contribution < 1.29 is 31.8 Å². The van der Waals surface area contributed by atoms with Crippen LogP contribution in [0, 0.1) is 5.82 Å². The number of nitrogens with zero attached hydrogens (tertiary/aromatic N) is 1. The summed E-state index contributed by atoms with van der Waals surface area (Å²) in [6, 6.07) is 25.6. The van der Waals surface area contributed by atoms with E-state index < -0.39 is 28.3 Å². The molecular formula is C29H25FN2O6S. The predicted octanol–water partition coefficient (Wildman–Crippen LogP) is 5.01. The van der Waals surface area contributed by atoms with Crippen molar-refractivity contribution in [3.63, 3.8) is 0 Å². The number of fused-ring (bicyclic) bond motifs is 1. The molecule has 4 aromatic rings. The Morgan fingerprint density at radius 1 is 0.872 bits per heavy atom. The van der Waals surface area contributed by atoms with Gasteiger partial charge in [0.15, 0.2) is 11.5 Å². The van der Waals surface area contributed by atoms with Crippen molar-refractivity contribution in [2.75, 3.05) is 29.4 Å². The molecule has 10 heteroatoms. The van der Waals surface area contributed by atoms with Crippen LogP contribution >= 0.6 is 0 Å². The van der Waals surface area contributed by atoms with E-state index in [2.05, 4.69) is 5.32 Å². The lowest BCUT2D eigenvalue weighted by molar-refractivity contribution is -0.114. The lowest BCUT2D eigenvalue weighted by atomic mass is 10.2. The lowest BCUT2D eigenvalue weighted by Gasteiger charge is -2.25. The number of nitrogens with one attached hydrogen (secondary N) is 1. The van der Waals surface area contributed by atoms with Crippen LogP contribution in [0.3, 0.4) is 0 Å². The van der Waals surface area contributed by atoms with E-state index in [1.54, 1.807) is 24.3 Å². The van der Waals surface area contributed by atoms with E-state index in [9.17, 15) is 17.6 Å². The first-order valence-corrected chi connectivity index (χ1v) is 13.6. The third-order valence-corrected chi connectivity index (χ3v) is 7.66. The fraction of sp³-hybridized carbons (Fsp3) is 0.138. The second kappa shape index (κ2) is 11.4. The minimum absolute atomic E-state index is 0.0937. The molecule has 200 valence electrons. The first-order chi connectivity index (χ1) is 18.9. The molecule has 1 heterocycles. The van der Waals surface area contributed by atoms with Crippen LogP contribution in [0.2, 0.25) is 0 Å². The van der Waals surface area contributed by atoms with Gasteiger partial charge in [-0.25, -0.2) is 12.8 Å². The van der Waals surface area contributed by atoms with Crippen LogP contribution in [0.15, 0.2) is 102 Å². The molecule has 0 saturated carbocycles. The Morgan fingerprint density at radius 2 is 1.56 bits per heavy atom. The summed E-state index contributed by atoms with van der Waals surface area (Å²) in [4.78, 5) is 12.9. The van der Waals surface area contributed by atoms with Gasteiger partial charge in [-0.3, -0.25) is 9.10 Å². The Bertz CT molecular complexity index is 1550. The molecule has 1 aliphatic heterocycles. The third-order valence-electron chi connectivity index (χ3n) is 5.89. The molecule has 5 rings (SSSR count). The third kappa shape index (κ3) is 6.29. The number of carbonyl (C=O) groups is 1. The van der Waals surface area contributed by atoms with Crippen LogP contribution in [0.1, 0.15) is 5.56 Å². The highest BCUT2D eigenvalue weighted by Crippen LogP contribution is 2.34. The quantitative estimate of drug-likeness (QED) is 0.316. The molecule has 1 aliphatic rings. The number of hydrogen-bond donors (Lipinski definition) is 1. The van der Waals surface area contributed by atoms with Gasteiger partial charge in [0, 0.05) is 11.8 Å². The summed E-state index contributed by atoms with van der Waals surface area (Å²) in [6.45, 7) is 0.503. The predicted molar refractivity (Wildman–Crippen MR) is 144 cm³/mol. The van der Waals surface area contributed by atoms with E-state index in [0.29, 0.717) is 36.1 Å². The molecule has 39 heavy (non-hydrogen) atoms. The van der Waals surface area contributed by atoms with Crippen molar-refractivity contribution in [3.8, 4) is 17.2 Å². The number of halogens is 1. The summed E-state index contributed by atoms with van der Waals surface area (Å²) in [5.74, 6) is 0.224. The van der Waals surface area contributed by atoms with Gasteiger partial charge < -0.3 is 19.5 Å². The van der Waals surface area contributed by atoms with E-state index in [1.165, 1.54) is 30.3 Å². The number of carbonyl (C=O) groups excluding carboxylic acids is 1. The van der Waals surface area contributed by atoms with Gasteiger partial charge in [-0.05, 0) is 66.2 Å². The molecule has 0 atom stereocenters. The Balaban J connectivity index is 1.32. The molecule has 0 radical (unpaired) electrons. The Kier molecular flexibility index (Phi) is 7.64. The number of ether oxygens (including phenoxy) is 3. The molecule has 4 aromatic carbocycles. The maximum absolute atomic E-state index is 13.7. The molecule has 0 saturated heterocycles. The summed E-state index contributed by atoms with van der Waals surface area (Å²) < 4.78 is 58.6. The minimum Gasteiger partial charge on any atom is -0.489 e. The van der Waals surface area contributed by atoms with Crippen molar-refractivity contribution in [2.45, 2.75) is 11.5 Å². The molecule has 8 nitrogen and oxygen atoms in total. The summed E-state index contributed by atoms with van der Waals surface area (Å²) in [7, 11) is -4.23. The Morgan fingerprint density at radius 3 is 2.28 bits per heavy atom. The second-order valence-electron chi connectivity index (χ2n) is 8.64. The van der Waals surface area contributed by atoms with Crippen molar-refractivity contribution >= 4 is 27.3 Å². The van der Waals surface area contributed by atoms with Crippen molar-refractivity contribution in [1.29, 1.82) is 0 Å². The fourth-order valence-corrected chi connectivity index (χ4v) is 5.38. The molecule has 0 unspecified atom stereocenters. The van der Waals surface area contributed by atoms with Crippen molar-refractivity contribution in [3.05, 3.63) is 108 Å². The minimum atomic E-state index is -4.23. The smallest absolute Gasteiger partial charge is 0.264 e. The maximum Gasteiger partial charge on any atom is 0.264 e. The largest absolute Gasteiger partial charge is 0.489 e. The summed E-state index contributed by atoms with van der Waals surface area (Å²) in [5, 5.41) is 2.71. The van der Waals surface area contributed by atoms with Crippen LogP contribution in [0.4, 0.5) is 15.8 Å². The van der Waals surface area contributed by atoms with Gasteiger partial charge in [-0.15, -0.1) is 0 Å². The van der Waals surface area contributed by atoms with E-state index in [1.807, 2.05) is 30.3 Å². The first kappa shape index (κ1) is 26.1. The van der Waals surface area contributed by atoms with Crippen LogP contribution in [-0.2, 0) is 21.4 Å². The average molecular weight is 549 g/mol. The maximum atomic E-state index is 13.7. The normalized spacial score (nSPS) is 12.4. The number of sulfonamides is 1. The lowest BCUT2D eigenvalue weighted by Crippen LogP contribution is -2.38. The standard InChI is InChI=1S/C29H25FN2O6S/c30-22-6-10-24(11-7-22)32(39(34,35)26-14-15-27-28(18-26)37-17-16-36-27)19-29(33)31-23-8-12-25(13-9-23)38-20-21-4-2-1-3-5-21/h1-15,18H,16-17,19-20H2,(H,31,33). The molecule has 1 amide bonds. The topological polar surface area (TPSA) is 94.2 Å². The molecule has 0 fully saturated rings. The summed E-state index contributed by atoms with van der Waals surface area (Å²) in [6.07, 6.45) is 0. The average Bonchev–Trinajstić information content (AvgIpc) is 2.96. The zero-order chi connectivity index (χ0) is 27.2. The summed E-state index contributed by atoms with van der Waals surface area (Å²) in [5.41, 5.74) is 1.61.